The number of rotatable bonds is 4. The SMILES string of the molecule is Nc1ccccc1CS(=O)(=O)Nc1cc(Cl)ccn1. The summed E-state index contributed by atoms with van der Waals surface area (Å²) in [5.41, 5.74) is 6.69. The molecule has 0 saturated carbocycles. The second-order valence-corrected chi connectivity index (χ2v) is 6.08. The highest BCUT2D eigenvalue weighted by atomic mass is 35.5. The molecule has 1 aromatic carbocycles. The number of aromatic nitrogens is 1. The molecule has 100 valence electrons. The Morgan fingerprint density at radius 1 is 1.26 bits per heavy atom. The van der Waals surface area contributed by atoms with E-state index in [9.17, 15) is 8.42 Å². The first-order chi connectivity index (χ1) is 8.96. The lowest BCUT2D eigenvalue weighted by Gasteiger charge is -2.09. The Balaban J connectivity index is 2.18. The predicted octanol–water partition coefficient (Wildman–Crippen LogP) is 2.26. The molecule has 1 heterocycles. The van der Waals surface area contributed by atoms with Crippen molar-refractivity contribution >= 4 is 33.1 Å². The van der Waals surface area contributed by atoms with Crippen molar-refractivity contribution in [3.63, 3.8) is 0 Å². The minimum absolute atomic E-state index is 0.182. The van der Waals surface area contributed by atoms with Gasteiger partial charge in [-0.2, -0.15) is 0 Å². The molecule has 0 saturated heterocycles. The Morgan fingerprint density at radius 3 is 2.68 bits per heavy atom. The Kier molecular flexibility index (Phi) is 3.92. The van der Waals surface area contributed by atoms with Crippen molar-refractivity contribution in [2.75, 3.05) is 10.5 Å². The lowest BCUT2D eigenvalue weighted by Crippen LogP contribution is -2.16. The first-order valence-electron chi connectivity index (χ1n) is 5.42. The Hall–Kier alpha value is -1.79. The van der Waals surface area contributed by atoms with E-state index >= 15 is 0 Å². The average Bonchev–Trinajstić information content (AvgIpc) is 2.31. The standard InChI is InChI=1S/C12H12ClN3O2S/c13-10-5-6-15-12(7-10)16-19(17,18)8-9-3-1-2-4-11(9)14/h1-7H,8,14H2,(H,15,16). The molecule has 0 fully saturated rings. The third-order valence-corrected chi connectivity index (χ3v) is 3.83. The molecule has 0 aliphatic carbocycles. The third-order valence-electron chi connectivity index (χ3n) is 2.38. The number of nitrogens with one attached hydrogen (secondary N) is 1. The van der Waals surface area contributed by atoms with Gasteiger partial charge in [0.25, 0.3) is 0 Å². The lowest BCUT2D eigenvalue weighted by atomic mass is 10.2. The monoisotopic (exact) mass is 297 g/mol. The molecule has 0 aliphatic heterocycles. The highest BCUT2D eigenvalue weighted by molar-refractivity contribution is 7.91. The van der Waals surface area contributed by atoms with E-state index in [1.807, 2.05) is 0 Å². The van der Waals surface area contributed by atoms with Crippen molar-refractivity contribution in [3.05, 3.63) is 53.2 Å². The summed E-state index contributed by atoms with van der Waals surface area (Å²) in [4.78, 5) is 3.88. The van der Waals surface area contributed by atoms with Crippen LogP contribution in [0.15, 0.2) is 42.6 Å². The van der Waals surface area contributed by atoms with Gasteiger partial charge in [0, 0.05) is 23.0 Å². The molecular weight excluding hydrogens is 286 g/mol. The quantitative estimate of drug-likeness (QED) is 0.848. The normalized spacial score (nSPS) is 11.2. The highest BCUT2D eigenvalue weighted by Crippen LogP contribution is 2.17. The van der Waals surface area contributed by atoms with E-state index in [2.05, 4.69) is 9.71 Å². The molecule has 0 radical (unpaired) electrons. The van der Waals surface area contributed by atoms with Crippen molar-refractivity contribution in [1.82, 2.24) is 4.98 Å². The van der Waals surface area contributed by atoms with E-state index in [4.69, 9.17) is 17.3 Å². The van der Waals surface area contributed by atoms with Gasteiger partial charge in [0.15, 0.2) is 0 Å². The molecule has 0 unspecified atom stereocenters. The van der Waals surface area contributed by atoms with Crippen LogP contribution in [0.25, 0.3) is 0 Å². The number of benzene rings is 1. The molecule has 3 N–H and O–H groups in total. The molecule has 0 amide bonds. The Bertz CT molecular complexity index is 689. The van der Waals surface area contributed by atoms with Crippen molar-refractivity contribution in [3.8, 4) is 0 Å². The number of anilines is 2. The van der Waals surface area contributed by atoms with Gasteiger partial charge in [0.05, 0.1) is 5.75 Å². The van der Waals surface area contributed by atoms with Crippen LogP contribution in [0.5, 0.6) is 0 Å². The number of sulfonamides is 1. The molecular formula is C12H12ClN3O2S. The Morgan fingerprint density at radius 2 is 2.00 bits per heavy atom. The highest BCUT2D eigenvalue weighted by Gasteiger charge is 2.14. The molecule has 0 spiro atoms. The maximum atomic E-state index is 12.0. The first-order valence-corrected chi connectivity index (χ1v) is 7.45. The van der Waals surface area contributed by atoms with Crippen LogP contribution in [0.3, 0.4) is 0 Å². The minimum atomic E-state index is -3.58. The van der Waals surface area contributed by atoms with E-state index in [1.54, 1.807) is 30.3 Å². The van der Waals surface area contributed by atoms with Gasteiger partial charge in [0.2, 0.25) is 10.0 Å². The van der Waals surface area contributed by atoms with Gasteiger partial charge in [0.1, 0.15) is 5.82 Å². The van der Waals surface area contributed by atoms with Gasteiger partial charge in [-0.25, -0.2) is 13.4 Å². The maximum absolute atomic E-state index is 12.0. The van der Waals surface area contributed by atoms with Gasteiger partial charge in [-0.3, -0.25) is 4.72 Å². The first kappa shape index (κ1) is 13.6. The molecule has 2 rings (SSSR count). The number of hydrogen-bond donors (Lipinski definition) is 2. The van der Waals surface area contributed by atoms with Gasteiger partial charge >= 0.3 is 0 Å². The zero-order chi connectivity index (χ0) is 13.9. The minimum Gasteiger partial charge on any atom is -0.398 e. The van der Waals surface area contributed by atoms with Crippen molar-refractivity contribution in [2.24, 2.45) is 0 Å². The van der Waals surface area contributed by atoms with Crippen LogP contribution in [0.4, 0.5) is 11.5 Å². The summed E-state index contributed by atoms with van der Waals surface area (Å²) in [6, 6.07) is 9.81. The van der Waals surface area contributed by atoms with Crippen LogP contribution in [0.2, 0.25) is 5.02 Å². The van der Waals surface area contributed by atoms with Crippen molar-refractivity contribution in [1.29, 1.82) is 0 Å². The molecule has 0 atom stereocenters. The molecule has 19 heavy (non-hydrogen) atoms. The summed E-state index contributed by atoms with van der Waals surface area (Å²) in [6.07, 6.45) is 1.43. The number of pyridine rings is 1. The number of nitrogens with two attached hydrogens (primary N) is 1. The van der Waals surface area contributed by atoms with Crippen LogP contribution < -0.4 is 10.5 Å². The number of para-hydroxylation sites is 1. The molecule has 1 aromatic heterocycles. The maximum Gasteiger partial charge on any atom is 0.238 e. The fourth-order valence-electron chi connectivity index (χ4n) is 1.53. The molecule has 5 nitrogen and oxygen atoms in total. The summed E-state index contributed by atoms with van der Waals surface area (Å²) < 4.78 is 26.3. The van der Waals surface area contributed by atoms with Crippen molar-refractivity contribution in [2.45, 2.75) is 5.75 Å². The van der Waals surface area contributed by atoms with Gasteiger partial charge in [-0.1, -0.05) is 29.8 Å². The van der Waals surface area contributed by atoms with Gasteiger partial charge < -0.3 is 5.73 Å². The zero-order valence-corrected chi connectivity index (χ0v) is 11.4. The average molecular weight is 298 g/mol. The summed E-state index contributed by atoms with van der Waals surface area (Å²) >= 11 is 5.76. The van der Waals surface area contributed by atoms with Crippen LogP contribution in [0.1, 0.15) is 5.56 Å². The van der Waals surface area contributed by atoms with Crippen molar-refractivity contribution < 1.29 is 8.42 Å². The number of hydrogen-bond acceptors (Lipinski definition) is 4. The number of nitrogens with zero attached hydrogens (tertiary/aromatic N) is 1. The lowest BCUT2D eigenvalue weighted by molar-refractivity contribution is 0.600. The zero-order valence-electron chi connectivity index (χ0n) is 9.88. The second-order valence-electron chi connectivity index (χ2n) is 3.92. The predicted molar refractivity (Wildman–Crippen MR) is 76.3 cm³/mol. The summed E-state index contributed by atoms with van der Waals surface area (Å²) in [6.45, 7) is 0. The van der Waals surface area contributed by atoms with Crippen LogP contribution in [-0.2, 0) is 15.8 Å². The van der Waals surface area contributed by atoms with Crippen LogP contribution in [-0.4, -0.2) is 13.4 Å². The van der Waals surface area contributed by atoms with Gasteiger partial charge in [-0.05, 0) is 17.7 Å². The smallest absolute Gasteiger partial charge is 0.238 e. The summed E-state index contributed by atoms with van der Waals surface area (Å²) in [5, 5.41) is 0.409. The molecule has 2 aromatic rings. The topological polar surface area (TPSA) is 85.1 Å². The molecule has 0 bridgehead atoms. The summed E-state index contributed by atoms with van der Waals surface area (Å²) in [7, 11) is -3.58. The third kappa shape index (κ3) is 3.84. The Labute approximate surface area is 116 Å². The van der Waals surface area contributed by atoms with E-state index in [0.29, 0.717) is 16.3 Å². The fraction of sp³-hybridized carbons (Fsp3) is 0.0833. The van der Waals surface area contributed by atoms with E-state index in [-0.39, 0.29) is 11.6 Å². The largest absolute Gasteiger partial charge is 0.398 e. The number of halogens is 1. The molecule has 7 heteroatoms. The van der Waals surface area contributed by atoms with Crippen LogP contribution in [0, 0.1) is 0 Å². The fourth-order valence-corrected chi connectivity index (χ4v) is 2.86. The van der Waals surface area contributed by atoms with Gasteiger partial charge in [-0.15, -0.1) is 0 Å². The van der Waals surface area contributed by atoms with E-state index in [0.717, 1.165) is 0 Å². The van der Waals surface area contributed by atoms with Crippen LogP contribution >= 0.6 is 11.6 Å². The molecule has 0 aliphatic rings. The summed E-state index contributed by atoms with van der Waals surface area (Å²) in [5.74, 6) is -0.0320. The van der Waals surface area contributed by atoms with E-state index in [1.165, 1.54) is 12.3 Å². The van der Waals surface area contributed by atoms with E-state index < -0.39 is 10.0 Å². The second kappa shape index (κ2) is 5.46. The number of nitrogen functional groups attached to an aromatic ring is 1.